The van der Waals surface area contributed by atoms with E-state index < -0.39 is 5.60 Å². The van der Waals surface area contributed by atoms with Gasteiger partial charge in [-0.05, 0) is 51.0 Å². The molecule has 200 valence electrons. The molecule has 0 saturated carbocycles. The first kappa shape index (κ1) is 25.2. The van der Waals surface area contributed by atoms with E-state index in [2.05, 4.69) is 56.9 Å². The number of aromatic nitrogens is 5. The van der Waals surface area contributed by atoms with Crippen LogP contribution in [0, 0.1) is 13.8 Å². The number of rotatable bonds is 6. The third-order valence-electron chi connectivity index (χ3n) is 7.14. The molecule has 39 heavy (non-hydrogen) atoms. The predicted molar refractivity (Wildman–Crippen MR) is 151 cm³/mol. The van der Waals surface area contributed by atoms with Gasteiger partial charge in [0, 0.05) is 36.8 Å². The number of nitrogens with zero attached hydrogens (tertiary/aromatic N) is 6. The van der Waals surface area contributed by atoms with Crippen molar-refractivity contribution in [3.63, 3.8) is 0 Å². The first-order chi connectivity index (χ1) is 18.8. The van der Waals surface area contributed by atoms with Crippen molar-refractivity contribution in [2.45, 2.75) is 45.9 Å². The zero-order valence-corrected chi connectivity index (χ0v) is 22.7. The van der Waals surface area contributed by atoms with Crippen LogP contribution in [0.25, 0.3) is 33.4 Å². The number of nitrogens with one attached hydrogen (secondary N) is 1. The lowest BCUT2D eigenvalue weighted by molar-refractivity contribution is 0.0577. The summed E-state index contributed by atoms with van der Waals surface area (Å²) in [6.45, 7) is 10.3. The fourth-order valence-corrected chi connectivity index (χ4v) is 5.40. The van der Waals surface area contributed by atoms with Crippen molar-refractivity contribution in [3.8, 4) is 22.5 Å². The molecule has 1 saturated heterocycles. The summed E-state index contributed by atoms with van der Waals surface area (Å²) in [5.74, 6) is 2.28. The molecular formula is C30H33N7O2. The topological polar surface area (TPSA) is 105 Å². The Bertz CT molecular complexity index is 1600. The number of piperazine rings is 1. The van der Waals surface area contributed by atoms with Crippen LogP contribution in [0.3, 0.4) is 0 Å². The van der Waals surface area contributed by atoms with Crippen molar-refractivity contribution in [2.24, 2.45) is 0 Å². The number of fused-ring (bicyclic) bond motifs is 1. The average molecular weight is 524 g/mol. The molecule has 0 spiro atoms. The van der Waals surface area contributed by atoms with Crippen LogP contribution in [0.4, 0.5) is 5.82 Å². The zero-order valence-electron chi connectivity index (χ0n) is 22.7. The minimum atomic E-state index is -0.878. The number of hydrogen-bond donors (Lipinski definition) is 2. The molecule has 5 aromatic rings. The third kappa shape index (κ3) is 5.03. The van der Waals surface area contributed by atoms with Gasteiger partial charge in [0.05, 0.1) is 41.2 Å². The summed E-state index contributed by atoms with van der Waals surface area (Å²) in [7, 11) is 0. The molecule has 1 unspecified atom stereocenters. The Labute approximate surface area is 227 Å². The van der Waals surface area contributed by atoms with Crippen molar-refractivity contribution in [1.82, 2.24) is 30.2 Å². The standard InChI is InChI=1S/C30H33N7O2/c1-19-27(20(2)39-35-19)22-10-11-25-24(14-22)29(37-13-12-31-16-26(37)21-8-6-5-7-9-21)34-28(33-25)23-15-32-36(17-23)18-30(3,4)38/h5-11,14-15,17,26,31,38H,12-13,16,18H2,1-4H3. The molecule has 1 aliphatic heterocycles. The quantitative estimate of drug-likeness (QED) is 0.330. The summed E-state index contributed by atoms with van der Waals surface area (Å²) in [6, 6.07) is 16.9. The summed E-state index contributed by atoms with van der Waals surface area (Å²) in [5.41, 5.74) is 4.90. The van der Waals surface area contributed by atoms with Gasteiger partial charge in [0.1, 0.15) is 11.6 Å². The molecule has 0 amide bonds. The Morgan fingerprint density at radius 1 is 1.08 bits per heavy atom. The van der Waals surface area contributed by atoms with E-state index in [4.69, 9.17) is 14.5 Å². The minimum Gasteiger partial charge on any atom is -0.389 e. The van der Waals surface area contributed by atoms with Crippen LogP contribution in [0.2, 0.25) is 0 Å². The van der Waals surface area contributed by atoms with Crippen molar-refractivity contribution >= 4 is 16.7 Å². The maximum absolute atomic E-state index is 10.3. The van der Waals surface area contributed by atoms with Gasteiger partial charge in [-0.15, -0.1) is 0 Å². The normalized spacial score (nSPS) is 16.2. The van der Waals surface area contributed by atoms with E-state index in [0.717, 1.165) is 64.5 Å². The molecule has 2 N–H and O–H groups in total. The van der Waals surface area contributed by atoms with Crippen LogP contribution in [-0.2, 0) is 6.54 Å². The van der Waals surface area contributed by atoms with Crippen LogP contribution in [0.15, 0.2) is 65.4 Å². The fourth-order valence-electron chi connectivity index (χ4n) is 5.40. The molecule has 9 heteroatoms. The highest BCUT2D eigenvalue weighted by atomic mass is 16.5. The molecular weight excluding hydrogens is 490 g/mol. The molecule has 1 aliphatic rings. The van der Waals surface area contributed by atoms with Crippen LogP contribution in [0.5, 0.6) is 0 Å². The van der Waals surface area contributed by atoms with E-state index in [0.29, 0.717) is 12.4 Å². The molecule has 3 aromatic heterocycles. The molecule has 1 atom stereocenters. The van der Waals surface area contributed by atoms with Crippen LogP contribution >= 0.6 is 0 Å². The number of anilines is 1. The highest BCUT2D eigenvalue weighted by Gasteiger charge is 2.28. The highest BCUT2D eigenvalue weighted by molar-refractivity contribution is 5.95. The molecule has 4 heterocycles. The van der Waals surface area contributed by atoms with Gasteiger partial charge in [0.2, 0.25) is 0 Å². The number of aryl methyl sites for hydroxylation is 2. The van der Waals surface area contributed by atoms with Gasteiger partial charge in [-0.1, -0.05) is 41.6 Å². The maximum Gasteiger partial charge on any atom is 0.165 e. The minimum absolute atomic E-state index is 0.117. The van der Waals surface area contributed by atoms with Gasteiger partial charge >= 0.3 is 0 Å². The lowest BCUT2D eigenvalue weighted by Crippen LogP contribution is -2.46. The molecule has 0 aliphatic carbocycles. The number of benzene rings is 2. The molecule has 0 bridgehead atoms. The largest absolute Gasteiger partial charge is 0.389 e. The Hall–Kier alpha value is -4.08. The van der Waals surface area contributed by atoms with Gasteiger partial charge < -0.3 is 19.8 Å². The van der Waals surface area contributed by atoms with Crippen LogP contribution < -0.4 is 10.2 Å². The van der Waals surface area contributed by atoms with Gasteiger partial charge in [0.15, 0.2) is 5.82 Å². The van der Waals surface area contributed by atoms with E-state index >= 15 is 0 Å². The average Bonchev–Trinajstić information content (AvgIpc) is 3.52. The van der Waals surface area contributed by atoms with Crippen molar-refractivity contribution < 1.29 is 9.63 Å². The van der Waals surface area contributed by atoms with E-state index in [9.17, 15) is 5.11 Å². The number of hydrogen-bond acceptors (Lipinski definition) is 8. The Balaban J connectivity index is 1.52. The predicted octanol–water partition coefficient (Wildman–Crippen LogP) is 4.69. The van der Waals surface area contributed by atoms with E-state index in [-0.39, 0.29) is 6.04 Å². The van der Waals surface area contributed by atoms with Gasteiger partial charge in [-0.2, -0.15) is 5.10 Å². The maximum atomic E-state index is 10.3. The lowest BCUT2D eigenvalue weighted by atomic mass is 10.00. The molecule has 2 aromatic carbocycles. The second kappa shape index (κ2) is 9.91. The third-order valence-corrected chi connectivity index (χ3v) is 7.14. The van der Waals surface area contributed by atoms with Crippen LogP contribution in [-0.4, -0.2) is 55.2 Å². The molecule has 0 radical (unpaired) electrons. The second-order valence-electron chi connectivity index (χ2n) is 10.9. The summed E-state index contributed by atoms with van der Waals surface area (Å²) in [5, 5.41) is 23.4. The van der Waals surface area contributed by atoms with Crippen molar-refractivity contribution in [3.05, 3.63) is 77.9 Å². The van der Waals surface area contributed by atoms with Gasteiger partial charge in [-0.25, -0.2) is 9.97 Å². The highest BCUT2D eigenvalue weighted by Crippen LogP contribution is 2.37. The number of aliphatic hydroxyl groups is 1. The van der Waals surface area contributed by atoms with Crippen molar-refractivity contribution in [2.75, 3.05) is 24.5 Å². The second-order valence-corrected chi connectivity index (χ2v) is 10.9. The molecule has 6 rings (SSSR count). The summed E-state index contributed by atoms with van der Waals surface area (Å²) in [4.78, 5) is 12.5. The molecule has 1 fully saturated rings. The molecule has 9 nitrogen and oxygen atoms in total. The van der Waals surface area contributed by atoms with E-state index in [1.165, 1.54) is 5.56 Å². The van der Waals surface area contributed by atoms with Crippen LogP contribution in [0.1, 0.15) is 36.9 Å². The fraction of sp³-hybridized carbons (Fsp3) is 0.333. The summed E-state index contributed by atoms with van der Waals surface area (Å²) in [6.07, 6.45) is 3.66. The SMILES string of the molecule is Cc1noc(C)c1-c1ccc2nc(-c3cnn(CC(C)(C)O)c3)nc(N3CCNCC3c3ccccc3)c2c1. The van der Waals surface area contributed by atoms with Gasteiger partial charge in [0.25, 0.3) is 0 Å². The van der Waals surface area contributed by atoms with E-state index in [1.54, 1.807) is 24.7 Å². The van der Waals surface area contributed by atoms with Crippen molar-refractivity contribution in [1.29, 1.82) is 0 Å². The first-order valence-electron chi connectivity index (χ1n) is 13.3. The summed E-state index contributed by atoms with van der Waals surface area (Å²) >= 11 is 0. The smallest absolute Gasteiger partial charge is 0.165 e. The Morgan fingerprint density at radius 3 is 2.64 bits per heavy atom. The Kier molecular flexibility index (Phi) is 6.40. The summed E-state index contributed by atoms with van der Waals surface area (Å²) < 4.78 is 7.21. The van der Waals surface area contributed by atoms with Gasteiger partial charge in [-0.3, -0.25) is 4.68 Å². The first-order valence-corrected chi connectivity index (χ1v) is 13.3. The van der Waals surface area contributed by atoms with E-state index in [1.807, 2.05) is 32.2 Å². The Morgan fingerprint density at radius 2 is 1.90 bits per heavy atom. The lowest BCUT2D eigenvalue weighted by Gasteiger charge is -2.38. The zero-order chi connectivity index (χ0) is 27.1. The monoisotopic (exact) mass is 523 g/mol.